The Labute approximate surface area is 210 Å². The highest BCUT2D eigenvalue weighted by Crippen LogP contribution is 2.33. The molecular weight excluding hydrogens is 492 g/mol. The van der Waals surface area contributed by atoms with E-state index in [0.29, 0.717) is 22.2 Å². The molecule has 1 fully saturated rings. The van der Waals surface area contributed by atoms with E-state index in [1.807, 2.05) is 24.0 Å². The molecule has 1 saturated heterocycles. The molecule has 0 saturated carbocycles. The second kappa shape index (κ2) is 13.8. The highest BCUT2D eigenvalue weighted by molar-refractivity contribution is 8.18. The van der Waals surface area contributed by atoms with Gasteiger partial charge in [-0.1, -0.05) is 0 Å². The number of hydrogen-bond donors (Lipinski definition) is 1. The number of aliphatic imine (C=N–C) groups is 1. The molecule has 1 aromatic carbocycles. The maximum Gasteiger partial charge on any atom is 0.414 e. The number of amidine groups is 1. The Morgan fingerprint density at radius 3 is 2.70 bits per heavy atom. The maximum absolute atomic E-state index is 13.9. The van der Waals surface area contributed by atoms with Crippen molar-refractivity contribution in [2.45, 2.75) is 19.3 Å². The molecule has 1 N–H and O–H groups in total. The van der Waals surface area contributed by atoms with Gasteiger partial charge < -0.3 is 14.5 Å². The first-order chi connectivity index (χ1) is 14.8. The van der Waals surface area contributed by atoms with Crippen molar-refractivity contribution in [2.24, 2.45) is 4.99 Å². The largest absolute Gasteiger partial charge is 0.414 e. The van der Waals surface area contributed by atoms with E-state index in [2.05, 4.69) is 10.4 Å². The van der Waals surface area contributed by atoms with Crippen LogP contribution >= 0.6 is 36.6 Å². The van der Waals surface area contributed by atoms with Crippen molar-refractivity contribution in [1.29, 1.82) is 0 Å². The number of rotatable bonds is 6. The van der Waals surface area contributed by atoms with E-state index in [0.717, 1.165) is 38.9 Å². The molecule has 33 heavy (non-hydrogen) atoms. The lowest BCUT2D eigenvalue weighted by Crippen LogP contribution is -2.45. The van der Waals surface area contributed by atoms with Gasteiger partial charge in [0.1, 0.15) is 11.6 Å². The van der Waals surface area contributed by atoms with Crippen LogP contribution in [0.4, 0.5) is 9.18 Å². The second-order valence-electron chi connectivity index (χ2n) is 7.71. The van der Waals surface area contributed by atoms with Gasteiger partial charge in [-0.25, -0.2) is 14.6 Å². The number of hydrogen-bond acceptors (Lipinski definition) is 7. The van der Waals surface area contributed by atoms with E-state index >= 15 is 0 Å². The summed E-state index contributed by atoms with van der Waals surface area (Å²) in [7, 11) is 5.59. The van der Waals surface area contributed by atoms with Crippen LogP contribution in [0.25, 0.3) is 6.08 Å². The topological polar surface area (TPSA) is 77.5 Å². The van der Waals surface area contributed by atoms with Crippen molar-refractivity contribution in [3.8, 4) is 5.75 Å². The Kier molecular flexibility index (Phi) is 12.2. The van der Waals surface area contributed by atoms with Gasteiger partial charge in [0, 0.05) is 32.2 Å². The van der Waals surface area contributed by atoms with E-state index in [1.165, 1.54) is 40.9 Å². The fourth-order valence-corrected chi connectivity index (χ4v) is 4.03. The van der Waals surface area contributed by atoms with Gasteiger partial charge in [-0.15, -0.1) is 24.8 Å². The summed E-state index contributed by atoms with van der Waals surface area (Å²) in [4.78, 5) is 32.8. The minimum atomic E-state index is -0.537. The minimum Gasteiger partial charge on any atom is -0.410 e. The number of carbonyl (C=O) groups is 2. The van der Waals surface area contributed by atoms with Crippen LogP contribution in [-0.2, 0) is 4.79 Å². The van der Waals surface area contributed by atoms with E-state index in [9.17, 15) is 14.0 Å². The number of hydrazine groups is 1. The zero-order valence-corrected chi connectivity index (χ0v) is 21.3. The first-order valence-electron chi connectivity index (χ1n) is 10.2. The third-order valence-electron chi connectivity index (χ3n) is 4.82. The van der Waals surface area contributed by atoms with Crippen LogP contribution in [0.2, 0.25) is 0 Å². The first kappa shape index (κ1) is 29.2. The van der Waals surface area contributed by atoms with Gasteiger partial charge in [-0.3, -0.25) is 9.80 Å². The molecule has 3 rings (SSSR count). The molecule has 184 valence electrons. The van der Waals surface area contributed by atoms with E-state index in [4.69, 9.17) is 4.74 Å². The van der Waals surface area contributed by atoms with E-state index < -0.39 is 17.8 Å². The summed E-state index contributed by atoms with van der Waals surface area (Å²) in [6.45, 7) is 2.98. The van der Waals surface area contributed by atoms with Gasteiger partial charge >= 0.3 is 6.09 Å². The van der Waals surface area contributed by atoms with Crippen molar-refractivity contribution in [3.63, 3.8) is 0 Å². The summed E-state index contributed by atoms with van der Waals surface area (Å²) in [5.41, 5.74) is 3.53. The third kappa shape index (κ3) is 8.46. The first-order valence-corrected chi connectivity index (χ1v) is 11.1. The number of ether oxygens (including phenoxy) is 1. The number of nitrogens with one attached hydrogen (secondary N) is 1. The van der Waals surface area contributed by atoms with Crippen LogP contribution in [0.15, 0.2) is 28.1 Å². The Hall–Kier alpha value is -1.85. The van der Waals surface area contributed by atoms with Crippen LogP contribution < -0.4 is 10.2 Å². The smallest absolute Gasteiger partial charge is 0.410 e. The van der Waals surface area contributed by atoms with Gasteiger partial charge in [0.15, 0.2) is 5.17 Å². The number of halogens is 3. The van der Waals surface area contributed by atoms with Crippen LogP contribution in [0.3, 0.4) is 0 Å². The van der Waals surface area contributed by atoms with Crippen molar-refractivity contribution in [1.82, 2.24) is 20.2 Å². The SMILES string of the molecule is CN(C)CCCN(C)C(=O)Oc1ccc(F)cc1/C=C1/SC(N2CCCCN2)=NC1=O.Cl.Cl. The Morgan fingerprint density at radius 1 is 1.27 bits per heavy atom. The summed E-state index contributed by atoms with van der Waals surface area (Å²) in [6.07, 6.45) is 3.88. The number of benzene rings is 1. The van der Waals surface area contributed by atoms with Crippen molar-refractivity contribution in [3.05, 3.63) is 34.5 Å². The van der Waals surface area contributed by atoms with E-state index in [1.54, 1.807) is 7.05 Å². The summed E-state index contributed by atoms with van der Waals surface area (Å²) < 4.78 is 19.4. The van der Waals surface area contributed by atoms with Crippen LogP contribution in [0.1, 0.15) is 24.8 Å². The summed E-state index contributed by atoms with van der Waals surface area (Å²) in [5, 5.41) is 2.44. The molecule has 0 aromatic heterocycles. The average molecular weight is 522 g/mol. The lowest BCUT2D eigenvalue weighted by Gasteiger charge is -2.28. The molecule has 8 nitrogen and oxygen atoms in total. The number of nitrogens with zero attached hydrogens (tertiary/aromatic N) is 4. The van der Waals surface area contributed by atoms with Crippen LogP contribution in [-0.4, -0.2) is 79.3 Å². The maximum atomic E-state index is 13.9. The standard InChI is InChI=1S/C21H28FN5O3S.2ClH/c1-25(2)10-6-11-26(3)21(29)30-17-8-7-16(22)13-15(17)14-18-19(28)24-20(31-18)27-12-5-4-9-23-27;;/h7-8,13-14,23H,4-6,9-12H2,1-3H3;2*1H/b18-14+;;. The Bertz CT molecular complexity index is 895. The minimum absolute atomic E-state index is 0. The Balaban J connectivity index is 0.00000272. The van der Waals surface area contributed by atoms with Crippen molar-refractivity contribution in [2.75, 3.05) is 47.3 Å². The fourth-order valence-electron chi connectivity index (χ4n) is 3.12. The molecular formula is C21H30Cl2FN5O3S. The predicted octanol–water partition coefficient (Wildman–Crippen LogP) is 3.62. The fraction of sp³-hybridized carbons (Fsp3) is 0.476. The molecule has 0 aliphatic carbocycles. The highest BCUT2D eigenvalue weighted by Gasteiger charge is 2.27. The molecule has 0 bridgehead atoms. The van der Waals surface area contributed by atoms with Gasteiger partial charge in [-0.05, 0) is 75.9 Å². The third-order valence-corrected chi connectivity index (χ3v) is 5.82. The van der Waals surface area contributed by atoms with Crippen molar-refractivity contribution < 1.29 is 18.7 Å². The molecule has 0 radical (unpaired) electrons. The average Bonchev–Trinajstić information content (AvgIpc) is 3.10. The zero-order valence-electron chi connectivity index (χ0n) is 18.9. The molecule has 0 unspecified atom stereocenters. The number of carbonyl (C=O) groups excluding carboxylic acids is 2. The molecule has 2 heterocycles. The molecule has 1 aromatic rings. The van der Waals surface area contributed by atoms with Crippen molar-refractivity contribution >= 4 is 59.8 Å². The summed E-state index contributed by atoms with van der Waals surface area (Å²) in [5.74, 6) is -0.689. The lowest BCUT2D eigenvalue weighted by molar-refractivity contribution is -0.113. The molecule has 0 atom stereocenters. The number of thioether (sulfide) groups is 1. The van der Waals surface area contributed by atoms with Crippen LogP contribution in [0, 0.1) is 5.82 Å². The monoisotopic (exact) mass is 521 g/mol. The molecule has 2 aliphatic heterocycles. The van der Waals surface area contributed by atoms with Crippen LogP contribution in [0.5, 0.6) is 5.75 Å². The predicted molar refractivity (Wildman–Crippen MR) is 135 cm³/mol. The Morgan fingerprint density at radius 2 is 2.03 bits per heavy atom. The second-order valence-corrected chi connectivity index (χ2v) is 8.71. The number of amides is 2. The molecule has 2 aliphatic rings. The molecule has 0 spiro atoms. The van der Waals surface area contributed by atoms with Gasteiger partial charge in [-0.2, -0.15) is 4.99 Å². The summed E-state index contributed by atoms with van der Waals surface area (Å²) >= 11 is 1.22. The van der Waals surface area contributed by atoms with E-state index in [-0.39, 0.29) is 30.6 Å². The van der Waals surface area contributed by atoms with Gasteiger partial charge in [0.25, 0.3) is 5.91 Å². The highest BCUT2D eigenvalue weighted by atomic mass is 35.5. The quantitative estimate of drug-likeness (QED) is 0.572. The summed E-state index contributed by atoms with van der Waals surface area (Å²) in [6, 6.07) is 3.86. The van der Waals surface area contributed by atoms with Gasteiger partial charge in [0.2, 0.25) is 0 Å². The zero-order chi connectivity index (χ0) is 22.4. The lowest BCUT2D eigenvalue weighted by atomic mass is 10.2. The molecule has 12 heteroatoms. The van der Waals surface area contributed by atoms with Gasteiger partial charge in [0.05, 0.1) is 4.91 Å². The normalized spacial score (nSPS) is 16.9. The molecule has 2 amide bonds.